The number of fused-ring (bicyclic) bond motifs is 17. The van der Waals surface area contributed by atoms with E-state index in [0.717, 1.165) is 160 Å². The van der Waals surface area contributed by atoms with Crippen molar-refractivity contribution in [3.05, 3.63) is 237 Å². The minimum atomic E-state index is 0.732. The zero-order chi connectivity index (χ0) is 51.4. The van der Waals surface area contributed by atoms with Crippen molar-refractivity contribution in [1.29, 1.82) is 0 Å². The highest BCUT2D eigenvalue weighted by Gasteiger charge is 2.25. The van der Waals surface area contributed by atoms with E-state index >= 15 is 0 Å². The molecule has 0 saturated heterocycles. The van der Waals surface area contributed by atoms with E-state index in [0.29, 0.717) is 0 Å². The van der Waals surface area contributed by atoms with Crippen molar-refractivity contribution in [2.24, 2.45) is 0 Å². The largest absolute Gasteiger partial charge is 0.455 e. The van der Waals surface area contributed by atoms with Crippen molar-refractivity contribution in [1.82, 2.24) is 14.5 Å². The van der Waals surface area contributed by atoms with Crippen LogP contribution >= 0.6 is 0 Å². The first-order valence-electron chi connectivity index (χ1n) is 26.6. The smallest absolute Gasteiger partial charge is 0.162 e. The van der Waals surface area contributed by atoms with Crippen LogP contribution in [-0.2, 0) is 0 Å². The third kappa shape index (κ3) is 6.06. The van der Waals surface area contributed by atoms with E-state index in [4.69, 9.17) is 27.6 Å². The molecule has 0 aliphatic heterocycles. The molecular weight excluding hydrogens is 971 g/mol. The number of pyridine rings is 2. The van der Waals surface area contributed by atoms with Crippen LogP contribution in [0.3, 0.4) is 0 Å². The lowest BCUT2D eigenvalue weighted by Crippen LogP contribution is -1.94. The standard InChI is InChI=1S/C72H39N3O4/c1-7-22-56-50(20-1)64(40-28-32-45(33-29-40)75-58-23-8-2-16-46(58)47-17-3-9-24-59(47)75)71-68(73-56)53-35-31-42(38-63(53)79-71)41-30-34-51-57(37-41)74-67-52-21-6-12-27-62(52)78-72(67)65(51)43-14-13-15-44(36-43)66-69-54(48-18-4-10-25-60(48)76-69)39-55-49-19-5-11-26-61(49)77-70(55)66/h1-39H. The fourth-order valence-corrected chi connectivity index (χ4v) is 12.8. The third-order valence-corrected chi connectivity index (χ3v) is 16.4. The summed E-state index contributed by atoms with van der Waals surface area (Å²) < 4.78 is 29.7. The van der Waals surface area contributed by atoms with Gasteiger partial charge in [-0.25, -0.2) is 9.97 Å². The van der Waals surface area contributed by atoms with Crippen molar-refractivity contribution < 1.29 is 17.7 Å². The molecule has 0 bridgehead atoms. The maximum absolute atomic E-state index is 7.01. The number of rotatable bonds is 5. The minimum absolute atomic E-state index is 0.732. The lowest BCUT2D eigenvalue weighted by atomic mass is 9.93. The molecule has 7 aromatic heterocycles. The molecule has 0 aliphatic carbocycles. The molecule has 0 atom stereocenters. The number of hydrogen-bond donors (Lipinski definition) is 0. The van der Waals surface area contributed by atoms with E-state index in [2.05, 4.69) is 199 Å². The number of aromatic nitrogens is 3. The van der Waals surface area contributed by atoms with E-state index in [1.165, 1.54) is 21.8 Å². The highest BCUT2D eigenvalue weighted by atomic mass is 16.3. The molecule has 0 unspecified atom stereocenters. The van der Waals surface area contributed by atoms with Gasteiger partial charge in [0.25, 0.3) is 0 Å². The molecule has 18 aromatic rings. The number of benzene rings is 11. The Bertz CT molecular complexity index is 5490. The van der Waals surface area contributed by atoms with Crippen LogP contribution < -0.4 is 0 Å². The molecule has 0 amide bonds. The lowest BCUT2D eigenvalue weighted by molar-refractivity contribution is 0.658. The second-order valence-electron chi connectivity index (χ2n) is 20.7. The normalized spacial score (nSPS) is 12.3. The molecule has 7 heterocycles. The summed E-state index contributed by atoms with van der Waals surface area (Å²) >= 11 is 0. The predicted octanol–water partition coefficient (Wildman–Crippen LogP) is 20.1. The predicted molar refractivity (Wildman–Crippen MR) is 322 cm³/mol. The molecule has 366 valence electrons. The summed E-state index contributed by atoms with van der Waals surface area (Å²) in [5, 5.41) is 10.6. The van der Waals surface area contributed by atoms with Gasteiger partial charge >= 0.3 is 0 Å². The fraction of sp³-hybridized carbons (Fsp3) is 0. The van der Waals surface area contributed by atoms with Crippen LogP contribution in [0, 0.1) is 0 Å². The van der Waals surface area contributed by atoms with Gasteiger partial charge in [0.15, 0.2) is 11.2 Å². The van der Waals surface area contributed by atoms with E-state index in [-0.39, 0.29) is 0 Å². The highest BCUT2D eigenvalue weighted by Crippen LogP contribution is 2.48. The summed E-state index contributed by atoms with van der Waals surface area (Å²) in [5.41, 5.74) is 21.0. The van der Waals surface area contributed by atoms with Crippen LogP contribution in [-0.4, -0.2) is 14.5 Å². The van der Waals surface area contributed by atoms with Crippen LogP contribution in [0.25, 0.3) is 182 Å². The summed E-state index contributed by atoms with van der Waals surface area (Å²) in [4.78, 5) is 10.7. The Balaban J connectivity index is 0.792. The zero-order valence-corrected chi connectivity index (χ0v) is 42.0. The molecule has 79 heavy (non-hydrogen) atoms. The molecule has 0 N–H and O–H groups in total. The van der Waals surface area contributed by atoms with Gasteiger partial charge in [0.2, 0.25) is 0 Å². The maximum atomic E-state index is 7.01. The molecule has 18 rings (SSSR count). The first-order valence-corrected chi connectivity index (χ1v) is 26.6. The lowest BCUT2D eigenvalue weighted by Gasteiger charge is -2.12. The first-order chi connectivity index (χ1) is 39.1. The summed E-state index contributed by atoms with van der Waals surface area (Å²) in [6.45, 7) is 0. The van der Waals surface area contributed by atoms with Crippen molar-refractivity contribution >= 4 is 132 Å². The molecule has 7 heteroatoms. The van der Waals surface area contributed by atoms with Gasteiger partial charge in [-0.2, -0.15) is 0 Å². The van der Waals surface area contributed by atoms with E-state index < -0.39 is 0 Å². The third-order valence-electron chi connectivity index (χ3n) is 16.4. The summed E-state index contributed by atoms with van der Waals surface area (Å²) in [6, 6.07) is 83.0. The molecule has 7 nitrogen and oxygen atoms in total. The Hall–Kier alpha value is -10.8. The Morgan fingerprint density at radius 3 is 1.38 bits per heavy atom. The average Bonchev–Trinajstić information content (AvgIpc) is 4.48. The van der Waals surface area contributed by atoms with Gasteiger partial charge in [0.1, 0.15) is 44.5 Å². The maximum Gasteiger partial charge on any atom is 0.162 e. The van der Waals surface area contributed by atoms with E-state index in [9.17, 15) is 0 Å². The van der Waals surface area contributed by atoms with Gasteiger partial charge in [-0.3, -0.25) is 0 Å². The van der Waals surface area contributed by atoms with Gasteiger partial charge in [-0.05, 0) is 113 Å². The Labute approximate surface area is 448 Å². The van der Waals surface area contributed by atoms with Crippen LogP contribution in [0.15, 0.2) is 254 Å². The van der Waals surface area contributed by atoms with Crippen LogP contribution in [0.2, 0.25) is 0 Å². The molecule has 0 aliphatic rings. The SMILES string of the molecule is c1cc(-c2c3oc4ccccc4c3cc3c2oc2ccccc23)cc(-c2c3ccc(-c4ccc5c(c4)oc4c(-c6ccc(-n7c8ccccc8c8ccccc87)cc6)c6ccccc6nc45)cc3nc3c2oc2ccccc23)c1. The van der Waals surface area contributed by atoms with Gasteiger partial charge in [0, 0.05) is 70.7 Å². The Morgan fingerprint density at radius 2 is 0.709 bits per heavy atom. The molecule has 0 radical (unpaired) electrons. The van der Waals surface area contributed by atoms with Crippen molar-refractivity contribution in [2.75, 3.05) is 0 Å². The zero-order valence-electron chi connectivity index (χ0n) is 42.0. The molecule has 0 saturated carbocycles. The number of furan rings is 4. The van der Waals surface area contributed by atoms with Gasteiger partial charge in [0.05, 0.1) is 27.6 Å². The second kappa shape index (κ2) is 15.9. The molecule has 0 fully saturated rings. The second-order valence-corrected chi connectivity index (χ2v) is 20.7. The number of para-hydroxylation sites is 6. The van der Waals surface area contributed by atoms with Crippen molar-refractivity contribution in [2.45, 2.75) is 0 Å². The first kappa shape index (κ1) is 42.5. The van der Waals surface area contributed by atoms with Gasteiger partial charge in [-0.1, -0.05) is 152 Å². The average molecular weight is 1010 g/mol. The molecular formula is C72H39N3O4. The summed E-state index contributed by atoms with van der Waals surface area (Å²) in [5.74, 6) is 0. The monoisotopic (exact) mass is 1010 g/mol. The fourth-order valence-electron chi connectivity index (χ4n) is 12.8. The highest BCUT2D eigenvalue weighted by molar-refractivity contribution is 6.23. The quantitative estimate of drug-likeness (QED) is 0.171. The minimum Gasteiger partial charge on any atom is -0.455 e. The van der Waals surface area contributed by atoms with Gasteiger partial charge in [-0.15, -0.1) is 0 Å². The van der Waals surface area contributed by atoms with Crippen LogP contribution in [0.1, 0.15) is 0 Å². The topological polar surface area (TPSA) is 83.3 Å². The van der Waals surface area contributed by atoms with E-state index in [1.54, 1.807) is 0 Å². The Morgan fingerprint density at radius 1 is 0.253 bits per heavy atom. The van der Waals surface area contributed by atoms with Crippen LogP contribution in [0.5, 0.6) is 0 Å². The van der Waals surface area contributed by atoms with Gasteiger partial charge < -0.3 is 22.2 Å². The summed E-state index contributed by atoms with van der Waals surface area (Å²) in [6.07, 6.45) is 0. The molecule has 0 spiro atoms. The Kier molecular flexibility index (Phi) is 8.54. The molecule has 11 aromatic carbocycles. The number of hydrogen-bond acceptors (Lipinski definition) is 6. The van der Waals surface area contributed by atoms with Crippen molar-refractivity contribution in [3.63, 3.8) is 0 Å². The van der Waals surface area contributed by atoms with Crippen LogP contribution in [0.4, 0.5) is 0 Å². The summed E-state index contributed by atoms with van der Waals surface area (Å²) in [7, 11) is 0. The van der Waals surface area contributed by atoms with Crippen molar-refractivity contribution in [3.8, 4) is 50.2 Å². The number of nitrogens with zero attached hydrogens (tertiary/aromatic N) is 3. The van der Waals surface area contributed by atoms with E-state index in [1.807, 2.05) is 42.5 Å².